The minimum absolute atomic E-state index is 0.0119. The number of carbonyl (C=O) groups excluding carboxylic acids is 2. The zero-order valence-corrected chi connectivity index (χ0v) is 11.3. The van der Waals surface area contributed by atoms with Crippen molar-refractivity contribution in [3.63, 3.8) is 0 Å². The molecule has 0 aliphatic carbocycles. The minimum Gasteiger partial charge on any atom is -0.469 e. The van der Waals surface area contributed by atoms with Gasteiger partial charge in [0.05, 0.1) is 20.1 Å². The summed E-state index contributed by atoms with van der Waals surface area (Å²) in [6.07, 6.45) is 0.638. The lowest BCUT2D eigenvalue weighted by molar-refractivity contribution is -0.141. The normalized spacial score (nSPS) is 9.94. The Hall–Kier alpha value is -0.620. The van der Waals surface area contributed by atoms with Gasteiger partial charge < -0.3 is 14.4 Å². The topological polar surface area (TPSA) is 55.8 Å². The number of nitrogens with zero attached hydrogens (tertiary/aromatic N) is 1. The molecule has 16 heavy (non-hydrogen) atoms. The molecule has 0 heterocycles. The highest BCUT2D eigenvalue weighted by Gasteiger charge is 2.14. The lowest BCUT2D eigenvalue weighted by atomic mass is 10.3. The van der Waals surface area contributed by atoms with E-state index in [1.807, 2.05) is 0 Å². The molecule has 0 saturated carbocycles. The Morgan fingerprint density at radius 2 is 1.88 bits per heavy atom. The van der Waals surface area contributed by atoms with Crippen LogP contribution in [0.1, 0.15) is 12.8 Å². The molecular weight excluding hydrogens is 278 g/mol. The fraction of sp³-hybridized carbons (Fsp3) is 0.800. The van der Waals surface area contributed by atoms with Gasteiger partial charge in [-0.1, -0.05) is 15.9 Å². The van der Waals surface area contributed by atoms with Gasteiger partial charge in [0.25, 0.3) is 0 Å². The zero-order valence-electron chi connectivity index (χ0n) is 9.70. The Morgan fingerprint density at radius 3 is 2.38 bits per heavy atom. The predicted molar refractivity (Wildman–Crippen MR) is 63.5 cm³/mol. The molecule has 0 rings (SSSR count). The molecule has 6 heteroatoms. The van der Waals surface area contributed by atoms with E-state index in [0.29, 0.717) is 31.4 Å². The molecule has 0 spiro atoms. The third kappa shape index (κ3) is 6.79. The first-order valence-electron chi connectivity index (χ1n) is 5.05. The van der Waals surface area contributed by atoms with Gasteiger partial charge in [-0.05, 0) is 0 Å². The predicted octanol–water partition coefficient (Wildman–Crippen LogP) is 0.809. The van der Waals surface area contributed by atoms with E-state index in [0.717, 1.165) is 0 Å². The summed E-state index contributed by atoms with van der Waals surface area (Å²) in [4.78, 5) is 24.2. The highest BCUT2D eigenvalue weighted by Crippen LogP contribution is 2.00. The van der Waals surface area contributed by atoms with E-state index in [-0.39, 0.29) is 18.3 Å². The number of hydrogen-bond acceptors (Lipinski definition) is 4. The van der Waals surface area contributed by atoms with Gasteiger partial charge in [-0.25, -0.2) is 0 Å². The van der Waals surface area contributed by atoms with Crippen LogP contribution in [0.5, 0.6) is 0 Å². The summed E-state index contributed by atoms with van der Waals surface area (Å²) in [5.74, 6) is -0.299. The van der Waals surface area contributed by atoms with Crippen LogP contribution >= 0.6 is 15.9 Å². The molecule has 0 N–H and O–H groups in total. The molecule has 1 amide bonds. The smallest absolute Gasteiger partial charge is 0.307 e. The number of hydrogen-bond donors (Lipinski definition) is 0. The fourth-order valence-corrected chi connectivity index (χ4v) is 1.47. The lowest BCUT2D eigenvalue weighted by Gasteiger charge is -2.21. The molecule has 0 aliphatic heterocycles. The van der Waals surface area contributed by atoms with E-state index >= 15 is 0 Å². The molecule has 0 aromatic heterocycles. The van der Waals surface area contributed by atoms with E-state index in [1.54, 1.807) is 12.0 Å². The van der Waals surface area contributed by atoms with Gasteiger partial charge in [0.1, 0.15) is 0 Å². The minimum atomic E-state index is -0.311. The summed E-state index contributed by atoms with van der Waals surface area (Å²) in [5.41, 5.74) is 0. The first-order valence-corrected chi connectivity index (χ1v) is 6.17. The van der Waals surface area contributed by atoms with Crippen LogP contribution in [0.25, 0.3) is 0 Å². The molecule has 0 bridgehead atoms. The van der Waals surface area contributed by atoms with Crippen LogP contribution in [-0.4, -0.2) is 56.0 Å². The molecule has 0 saturated heterocycles. The Bertz CT molecular complexity index is 223. The molecule has 0 unspecified atom stereocenters. The summed E-state index contributed by atoms with van der Waals surface area (Å²) >= 11 is 3.21. The highest BCUT2D eigenvalue weighted by atomic mass is 79.9. The number of carbonyl (C=O) groups is 2. The molecule has 0 atom stereocenters. The number of alkyl halides is 1. The Kier molecular flexibility index (Phi) is 9.22. The number of methoxy groups -OCH3 is 2. The second-order valence-corrected chi connectivity index (χ2v) is 3.93. The Morgan fingerprint density at radius 1 is 1.19 bits per heavy atom. The first kappa shape index (κ1) is 15.4. The van der Waals surface area contributed by atoms with Crippen LogP contribution in [0.2, 0.25) is 0 Å². The SMILES string of the molecule is COCCN(CCC(=O)OC)C(=O)CCBr. The molecule has 0 aromatic carbocycles. The number of ether oxygens (including phenoxy) is 2. The van der Waals surface area contributed by atoms with Gasteiger partial charge in [0, 0.05) is 32.0 Å². The van der Waals surface area contributed by atoms with Crippen LogP contribution < -0.4 is 0 Å². The first-order chi connectivity index (χ1) is 7.65. The summed E-state index contributed by atoms with van der Waals surface area (Å²) in [6.45, 7) is 1.34. The van der Waals surface area contributed by atoms with E-state index < -0.39 is 0 Å². The van der Waals surface area contributed by atoms with Gasteiger partial charge in [0.15, 0.2) is 0 Å². The van der Waals surface area contributed by atoms with Crippen LogP contribution in [0.3, 0.4) is 0 Å². The maximum atomic E-state index is 11.6. The van der Waals surface area contributed by atoms with Gasteiger partial charge in [-0.15, -0.1) is 0 Å². The Labute approximate surface area is 104 Å². The number of halogens is 1. The highest BCUT2D eigenvalue weighted by molar-refractivity contribution is 9.09. The van der Waals surface area contributed by atoms with E-state index in [1.165, 1.54) is 7.11 Å². The fourth-order valence-electron chi connectivity index (χ4n) is 1.13. The standard InChI is InChI=1S/C10H18BrNO4/c1-15-8-7-12(9(13)3-5-11)6-4-10(14)16-2/h3-8H2,1-2H3. The van der Waals surface area contributed by atoms with Gasteiger partial charge in [0.2, 0.25) is 5.91 Å². The van der Waals surface area contributed by atoms with Gasteiger partial charge in [-0.2, -0.15) is 0 Å². The summed E-state index contributed by atoms with van der Waals surface area (Å²) in [5, 5.41) is 0.619. The van der Waals surface area contributed by atoms with Crippen molar-refractivity contribution in [2.75, 3.05) is 39.2 Å². The van der Waals surface area contributed by atoms with Crippen molar-refractivity contribution in [1.29, 1.82) is 0 Å². The van der Waals surface area contributed by atoms with Crippen molar-refractivity contribution < 1.29 is 19.1 Å². The molecular formula is C10H18BrNO4. The van der Waals surface area contributed by atoms with E-state index in [2.05, 4.69) is 20.7 Å². The number of amides is 1. The third-order valence-electron chi connectivity index (χ3n) is 2.04. The Balaban J connectivity index is 4.08. The molecule has 0 aliphatic rings. The van der Waals surface area contributed by atoms with Crippen molar-refractivity contribution in [3.05, 3.63) is 0 Å². The molecule has 0 fully saturated rings. The molecule has 0 aromatic rings. The van der Waals surface area contributed by atoms with Crippen molar-refractivity contribution in [2.45, 2.75) is 12.8 Å². The van der Waals surface area contributed by atoms with Crippen LogP contribution in [0, 0.1) is 0 Å². The molecule has 0 radical (unpaired) electrons. The summed E-state index contributed by atoms with van der Waals surface area (Å²) in [7, 11) is 2.91. The van der Waals surface area contributed by atoms with E-state index in [4.69, 9.17) is 4.74 Å². The average molecular weight is 296 g/mol. The quantitative estimate of drug-likeness (QED) is 0.491. The van der Waals surface area contributed by atoms with Gasteiger partial charge in [-0.3, -0.25) is 9.59 Å². The van der Waals surface area contributed by atoms with E-state index in [9.17, 15) is 9.59 Å². The molecule has 94 valence electrons. The lowest BCUT2D eigenvalue weighted by Crippen LogP contribution is -2.35. The van der Waals surface area contributed by atoms with Crippen molar-refractivity contribution in [1.82, 2.24) is 4.90 Å². The maximum Gasteiger partial charge on any atom is 0.307 e. The largest absolute Gasteiger partial charge is 0.469 e. The third-order valence-corrected chi connectivity index (χ3v) is 2.44. The zero-order chi connectivity index (χ0) is 12.4. The van der Waals surface area contributed by atoms with Crippen LogP contribution in [-0.2, 0) is 19.1 Å². The average Bonchev–Trinajstić information content (AvgIpc) is 2.29. The second-order valence-electron chi connectivity index (χ2n) is 3.14. The number of esters is 1. The summed E-state index contributed by atoms with van der Waals surface area (Å²) < 4.78 is 9.44. The maximum absolute atomic E-state index is 11.6. The summed E-state index contributed by atoms with van der Waals surface area (Å²) in [6, 6.07) is 0. The van der Waals surface area contributed by atoms with Crippen LogP contribution in [0.4, 0.5) is 0 Å². The van der Waals surface area contributed by atoms with Crippen LogP contribution in [0.15, 0.2) is 0 Å². The molecule has 5 nitrogen and oxygen atoms in total. The van der Waals surface area contributed by atoms with Crippen molar-refractivity contribution in [2.24, 2.45) is 0 Å². The van der Waals surface area contributed by atoms with Crippen molar-refractivity contribution >= 4 is 27.8 Å². The monoisotopic (exact) mass is 295 g/mol. The van der Waals surface area contributed by atoms with Gasteiger partial charge >= 0.3 is 5.97 Å². The number of rotatable bonds is 8. The second kappa shape index (κ2) is 9.59. The van der Waals surface area contributed by atoms with Crippen molar-refractivity contribution in [3.8, 4) is 0 Å².